The highest BCUT2D eigenvalue weighted by Gasteiger charge is 2.28. The highest BCUT2D eigenvalue weighted by atomic mass is 19.1. The Morgan fingerprint density at radius 3 is 2.56 bits per heavy atom. The Bertz CT molecular complexity index is 704. The number of halogens is 1. The lowest BCUT2D eigenvalue weighted by Gasteiger charge is -2.41. The molecule has 2 heterocycles. The lowest BCUT2D eigenvalue weighted by atomic mass is 10.0. The van der Waals surface area contributed by atoms with Crippen LogP contribution in [0, 0.1) is 5.82 Å². The van der Waals surface area contributed by atoms with E-state index in [1.54, 1.807) is 0 Å². The average Bonchev–Trinajstić information content (AvgIpc) is 2.72. The van der Waals surface area contributed by atoms with E-state index in [4.69, 9.17) is 5.73 Å². The van der Waals surface area contributed by atoms with Crippen LogP contribution in [0.3, 0.4) is 0 Å². The van der Waals surface area contributed by atoms with Gasteiger partial charge in [-0.25, -0.2) is 9.38 Å². The second-order valence-corrected chi connectivity index (χ2v) is 6.89. The van der Waals surface area contributed by atoms with Crippen LogP contribution in [0.15, 0.2) is 45.6 Å². The summed E-state index contributed by atoms with van der Waals surface area (Å²) in [5.74, 6) is 1.65. The van der Waals surface area contributed by atoms with E-state index in [-0.39, 0.29) is 11.9 Å². The van der Waals surface area contributed by atoms with Gasteiger partial charge in [0.15, 0.2) is 0 Å². The number of rotatable bonds is 5. The Morgan fingerprint density at radius 1 is 1.26 bits per heavy atom. The molecule has 2 aliphatic heterocycles. The van der Waals surface area contributed by atoms with Gasteiger partial charge in [0.2, 0.25) is 0 Å². The van der Waals surface area contributed by atoms with Crippen molar-refractivity contribution in [2.75, 3.05) is 46.3 Å². The van der Waals surface area contributed by atoms with Crippen LogP contribution in [0.1, 0.15) is 24.4 Å². The quantitative estimate of drug-likeness (QED) is 0.611. The maximum atomic E-state index is 13.2. The van der Waals surface area contributed by atoms with E-state index in [9.17, 15) is 4.39 Å². The number of hydrogen-bond donors (Lipinski definition) is 2. The normalized spacial score (nSPS) is 20.4. The zero-order valence-electron chi connectivity index (χ0n) is 16.0. The van der Waals surface area contributed by atoms with E-state index < -0.39 is 0 Å². The van der Waals surface area contributed by atoms with Gasteiger partial charge in [-0.05, 0) is 37.3 Å². The minimum Gasteiger partial charge on any atom is -0.370 e. The molecule has 1 fully saturated rings. The molecule has 0 spiro atoms. The summed E-state index contributed by atoms with van der Waals surface area (Å²) in [7, 11) is 1.84. The van der Waals surface area contributed by atoms with Crippen LogP contribution < -0.4 is 11.1 Å². The third-order valence-corrected chi connectivity index (χ3v) is 5.35. The molecule has 0 aromatic heterocycles. The zero-order chi connectivity index (χ0) is 19.2. The summed E-state index contributed by atoms with van der Waals surface area (Å²) in [4.78, 5) is 13.4. The van der Waals surface area contributed by atoms with Gasteiger partial charge in [0.05, 0.1) is 0 Å². The topological polar surface area (TPSA) is 69.2 Å². The summed E-state index contributed by atoms with van der Waals surface area (Å²) >= 11 is 0. The molecule has 1 saturated heterocycles. The lowest BCUT2D eigenvalue weighted by molar-refractivity contribution is 0.135. The molecule has 2 aliphatic rings. The molecule has 1 atom stereocenters. The monoisotopic (exact) mass is 372 g/mol. The summed E-state index contributed by atoms with van der Waals surface area (Å²) in [6.45, 7) is 8.65. The Kier molecular flexibility index (Phi) is 6.58. The molecule has 1 aromatic carbocycles. The third-order valence-electron chi connectivity index (χ3n) is 5.35. The summed E-state index contributed by atoms with van der Waals surface area (Å²) < 4.78 is 13.2. The second kappa shape index (κ2) is 9.10. The summed E-state index contributed by atoms with van der Waals surface area (Å²) in [6, 6.07) is 6.78. The largest absolute Gasteiger partial charge is 0.370 e. The van der Waals surface area contributed by atoms with Crippen molar-refractivity contribution in [3.8, 4) is 0 Å². The standard InChI is InChI=1S/C20H29FN6/c1-23-19-17(4-3-9-25-19)20(24-2)27-12-10-26(11-13-27)18(14-22)15-5-7-16(21)8-6-15/h5-8,18,25H,1,3-4,9-14,22H2,2H3/b24-20+. The van der Waals surface area contributed by atoms with Crippen molar-refractivity contribution in [2.45, 2.75) is 18.9 Å². The molecule has 0 aliphatic carbocycles. The van der Waals surface area contributed by atoms with E-state index >= 15 is 0 Å². The number of amidine groups is 1. The van der Waals surface area contributed by atoms with Crippen molar-refractivity contribution in [2.24, 2.45) is 15.7 Å². The van der Waals surface area contributed by atoms with Crippen molar-refractivity contribution in [3.05, 3.63) is 47.0 Å². The number of aliphatic imine (C=N–C) groups is 2. The number of nitrogens with one attached hydrogen (secondary N) is 1. The maximum absolute atomic E-state index is 13.2. The first-order valence-corrected chi connectivity index (χ1v) is 9.53. The number of piperazine rings is 1. The molecule has 0 radical (unpaired) electrons. The van der Waals surface area contributed by atoms with Gasteiger partial charge in [0, 0.05) is 57.9 Å². The molecular weight excluding hydrogens is 343 g/mol. The molecular formula is C20H29FN6. The summed E-state index contributed by atoms with van der Waals surface area (Å²) in [6.07, 6.45) is 2.04. The fourth-order valence-electron chi connectivity index (χ4n) is 3.96. The van der Waals surface area contributed by atoms with Crippen LogP contribution in [-0.4, -0.2) is 68.7 Å². The second-order valence-electron chi connectivity index (χ2n) is 6.89. The van der Waals surface area contributed by atoms with Crippen LogP contribution in [0.2, 0.25) is 0 Å². The Hall–Kier alpha value is -2.25. The number of nitrogens with two attached hydrogens (primary N) is 1. The molecule has 0 bridgehead atoms. The van der Waals surface area contributed by atoms with Crippen molar-refractivity contribution in [3.63, 3.8) is 0 Å². The van der Waals surface area contributed by atoms with E-state index in [1.807, 2.05) is 19.2 Å². The van der Waals surface area contributed by atoms with Gasteiger partial charge in [-0.1, -0.05) is 12.1 Å². The van der Waals surface area contributed by atoms with E-state index in [0.29, 0.717) is 6.54 Å². The predicted molar refractivity (Wildman–Crippen MR) is 109 cm³/mol. The van der Waals surface area contributed by atoms with E-state index in [0.717, 1.165) is 68.4 Å². The molecule has 0 amide bonds. The van der Waals surface area contributed by atoms with Gasteiger partial charge in [-0.3, -0.25) is 9.89 Å². The summed E-state index contributed by atoms with van der Waals surface area (Å²) in [5, 5.41) is 3.32. The van der Waals surface area contributed by atoms with Crippen molar-refractivity contribution >= 4 is 12.6 Å². The van der Waals surface area contributed by atoms with Crippen LogP contribution in [0.4, 0.5) is 4.39 Å². The summed E-state index contributed by atoms with van der Waals surface area (Å²) in [5.41, 5.74) is 8.26. The van der Waals surface area contributed by atoms with Gasteiger partial charge in [-0.15, -0.1) is 0 Å². The van der Waals surface area contributed by atoms with Gasteiger partial charge in [0.25, 0.3) is 0 Å². The molecule has 27 heavy (non-hydrogen) atoms. The molecule has 1 aromatic rings. The minimum absolute atomic E-state index is 0.107. The third kappa shape index (κ3) is 4.36. The number of benzene rings is 1. The van der Waals surface area contributed by atoms with Gasteiger partial charge >= 0.3 is 0 Å². The zero-order valence-corrected chi connectivity index (χ0v) is 16.0. The van der Waals surface area contributed by atoms with Crippen molar-refractivity contribution < 1.29 is 4.39 Å². The van der Waals surface area contributed by atoms with Crippen LogP contribution in [0.5, 0.6) is 0 Å². The fraction of sp³-hybridized carbons (Fsp3) is 0.500. The first-order valence-electron chi connectivity index (χ1n) is 9.53. The molecule has 0 saturated carbocycles. The predicted octanol–water partition coefficient (Wildman–Crippen LogP) is 1.77. The Morgan fingerprint density at radius 2 is 1.96 bits per heavy atom. The molecule has 1 unspecified atom stereocenters. The maximum Gasteiger partial charge on any atom is 0.132 e. The average molecular weight is 372 g/mol. The number of nitrogens with zero attached hydrogens (tertiary/aromatic N) is 4. The van der Waals surface area contributed by atoms with Gasteiger partial charge in [-0.2, -0.15) is 0 Å². The Balaban J connectivity index is 1.69. The highest BCUT2D eigenvalue weighted by Crippen LogP contribution is 2.24. The van der Waals surface area contributed by atoms with Crippen LogP contribution in [-0.2, 0) is 0 Å². The smallest absolute Gasteiger partial charge is 0.132 e. The van der Waals surface area contributed by atoms with Crippen LogP contribution >= 0.6 is 0 Å². The minimum atomic E-state index is -0.218. The van der Waals surface area contributed by atoms with Crippen LogP contribution in [0.25, 0.3) is 0 Å². The fourth-order valence-corrected chi connectivity index (χ4v) is 3.96. The first-order chi connectivity index (χ1) is 13.2. The highest BCUT2D eigenvalue weighted by molar-refractivity contribution is 5.99. The first kappa shape index (κ1) is 19.5. The molecule has 6 nitrogen and oxygen atoms in total. The molecule has 3 N–H and O–H groups in total. The van der Waals surface area contributed by atoms with Gasteiger partial charge in [0.1, 0.15) is 17.5 Å². The number of hydrogen-bond acceptors (Lipinski definition) is 5. The molecule has 146 valence electrons. The van der Waals surface area contributed by atoms with E-state index in [2.05, 4.69) is 31.8 Å². The Labute approximate surface area is 160 Å². The van der Waals surface area contributed by atoms with Gasteiger partial charge < -0.3 is 16.0 Å². The van der Waals surface area contributed by atoms with Crippen molar-refractivity contribution in [1.82, 2.24) is 15.1 Å². The van der Waals surface area contributed by atoms with Crippen molar-refractivity contribution in [1.29, 1.82) is 0 Å². The van der Waals surface area contributed by atoms with E-state index in [1.165, 1.54) is 12.1 Å². The SMILES string of the molecule is C=NC1=C(/C(=N\C)N2CCN(C(CN)c3ccc(F)cc3)CC2)CCCN1. The molecule has 7 heteroatoms. The molecule has 3 rings (SSSR count). The lowest BCUT2D eigenvalue weighted by Crippen LogP contribution is -2.51.